The topological polar surface area (TPSA) is 551 Å². The number of alkyl carbamates (subject to hydrolysis) is 1. The molecule has 43 heteroatoms. The van der Waals surface area contributed by atoms with Crippen molar-refractivity contribution in [1.82, 2.24) is 83.0 Å². The fourth-order valence-electron chi connectivity index (χ4n) is 14.4. The summed E-state index contributed by atoms with van der Waals surface area (Å²) in [4.78, 5) is 210. The summed E-state index contributed by atoms with van der Waals surface area (Å²) in [6.07, 6.45) is 16.0. The van der Waals surface area contributed by atoms with E-state index in [1.54, 1.807) is 108 Å². The van der Waals surface area contributed by atoms with Gasteiger partial charge in [0.25, 0.3) is 0 Å². The van der Waals surface area contributed by atoms with Gasteiger partial charge in [-0.15, -0.1) is 0 Å². The van der Waals surface area contributed by atoms with Crippen molar-refractivity contribution in [3.05, 3.63) is 38.3 Å². The third-order valence-corrected chi connectivity index (χ3v) is 21.1. The van der Waals surface area contributed by atoms with E-state index in [9.17, 15) is 81.5 Å². The standard InChI is InChI=1S/C24H41N4O4.C17H29N4O6.C16H29N3O4.C15H28N4O4.C11H21NO2.C10H17NO4.2W/c1-16(2)15-19(25-5)13-12-17(3)24(32)28-14-8-11-21(28)23(31)27-20(22(30)26-6)10-7-9-18(4)29;1-17(2,3)27-16(25)21-10-6-7-12(21)14(23)20-11(13(22)18-4)8-9-19-15(24)26-5;1-6-8-11(13(20)17-5)18-14(21)12-9-7-10-19(12)15(22)23-16(2,3)4;1-15(2,3)23-14(22)19-9-5-6-11(19)13(21)18-10(7-8-16)12(20)17-4;1-8(2)7-10(12-4)6-5-9(3)11(13)14;1-10(2,3)15-9(14)11-6-4-5-7(11)8(12)13;;/h12-13,16-17,19-21,25H,4,7-11,14-15H2,1-3,5-6H3,(H,26,30)(H,27,31);11-12H,5-10H2,1-4H3,(H,18,22)(H,19,24)(H,20,23);11-12H,6-10H2,1-5H3,(H,17,20)(H,18,21);10-11H,5-9,16H2,1-4H3,(H,17,20)(H,18,21);5-6,8-10,12H,7H2,1-4H3,(H,13,14);7H,4-6H2,1-3H3,(H,12,13);;/q2*-1;;;;;;/b13-12+;;;;6-5+;;;/t17-,19+,20-,21?;2*11-,12?;10-,11?;9-,10+;;;/m00000.../s1. The number of Topliss-reactive ketones (excluding diaryl/α,β-unsaturated/α-hetero) is 1. The van der Waals surface area contributed by atoms with Crippen LogP contribution in [-0.4, -0.2) is 313 Å². The summed E-state index contributed by atoms with van der Waals surface area (Å²) < 4.78 is 25.4. The van der Waals surface area contributed by atoms with Crippen LogP contribution in [0.5, 0.6) is 0 Å². The van der Waals surface area contributed by atoms with Gasteiger partial charge in [0.2, 0.25) is 53.2 Å². The number of likely N-dealkylation sites (N-methyl/N-ethyl adjacent to an activating group) is 6. The molecule has 5 unspecified atom stereocenters. The molecule has 136 heavy (non-hydrogen) atoms. The van der Waals surface area contributed by atoms with Gasteiger partial charge in [-0.3, -0.25) is 67.5 Å². The largest absolute Gasteiger partial charge is 0.624 e. The van der Waals surface area contributed by atoms with Crippen LogP contribution in [0.3, 0.4) is 0 Å². The molecule has 5 heterocycles. The molecule has 41 nitrogen and oxygen atoms in total. The maximum Gasteiger partial charge on any atom is 0.411 e. The van der Waals surface area contributed by atoms with Crippen LogP contribution in [0.15, 0.2) is 24.3 Å². The molecular weight excluding hydrogens is 2110 g/mol. The molecular formula is C93H165N17O24W2-2. The van der Waals surface area contributed by atoms with Gasteiger partial charge in [0.15, 0.2) is 0 Å². The van der Waals surface area contributed by atoms with Gasteiger partial charge in [-0.2, -0.15) is 7.11 Å². The van der Waals surface area contributed by atoms with Crippen LogP contribution in [0, 0.1) is 37.7 Å². The Morgan fingerprint density at radius 1 is 0.419 bits per heavy atom. The zero-order chi connectivity index (χ0) is 103. The predicted molar refractivity (Wildman–Crippen MR) is 506 cm³/mol. The number of carbonyl (C=O) groups excluding carboxylic acids is 15. The fourth-order valence-corrected chi connectivity index (χ4v) is 14.4. The number of carboxylic acid groups (broad SMARTS) is 2. The molecule has 5 fully saturated rings. The Morgan fingerprint density at radius 2 is 0.706 bits per heavy atom. The summed E-state index contributed by atoms with van der Waals surface area (Å²) in [7, 11) is 12.8. The smallest absolute Gasteiger partial charge is 0.411 e. The molecule has 5 aliphatic heterocycles. The van der Waals surface area contributed by atoms with E-state index >= 15 is 0 Å². The monoisotopic (exact) mass is 2270 g/mol. The summed E-state index contributed by atoms with van der Waals surface area (Å²) in [5.74, 6) is -4.28. The van der Waals surface area contributed by atoms with Crippen molar-refractivity contribution in [2.24, 2.45) is 29.4 Å². The van der Waals surface area contributed by atoms with Crippen LogP contribution in [0.1, 0.15) is 254 Å². The average molecular weight is 2270 g/mol. The predicted octanol–water partition coefficient (Wildman–Crippen LogP) is 6.88. The van der Waals surface area contributed by atoms with Gasteiger partial charge >= 0.3 is 42.4 Å². The summed E-state index contributed by atoms with van der Waals surface area (Å²) in [6, 6.07) is -5.61. The van der Waals surface area contributed by atoms with Crippen molar-refractivity contribution in [3.63, 3.8) is 0 Å². The Kier molecular flexibility index (Phi) is 63.9. The van der Waals surface area contributed by atoms with E-state index < -0.39 is 137 Å². The van der Waals surface area contributed by atoms with Crippen molar-refractivity contribution in [1.29, 1.82) is 0 Å². The number of nitrogens with zero attached hydrogens (tertiary/aromatic N) is 5. The summed E-state index contributed by atoms with van der Waals surface area (Å²) in [5, 5.41) is 47.3. The molecule has 0 bridgehead atoms. The van der Waals surface area contributed by atoms with Gasteiger partial charge < -0.3 is 115 Å². The Labute approximate surface area is 835 Å². The van der Waals surface area contributed by atoms with E-state index in [2.05, 4.69) is 105 Å². The number of aliphatic carboxylic acids is 2. The second-order valence-electron chi connectivity index (χ2n) is 38.2. The number of amides is 14. The van der Waals surface area contributed by atoms with Gasteiger partial charge in [-0.05, 0) is 244 Å². The first-order valence-corrected chi connectivity index (χ1v) is 46.6. The van der Waals surface area contributed by atoms with Crippen molar-refractivity contribution in [2.45, 2.75) is 342 Å². The van der Waals surface area contributed by atoms with E-state index in [4.69, 9.17) is 34.9 Å². The van der Waals surface area contributed by atoms with Crippen molar-refractivity contribution < 1.29 is 158 Å². The van der Waals surface area contributed by atoms with Gasteiger partial charge in [-0.25, -0.2) is 28.8 Å². The number of carboxylic acids is 2. The van der Waals surface area contributed by atoms with Crippen molar-refractivity contribution in [3.8, 4) is 0 Å². The van der Waals surface area contributed by atoms with E-state index in [-0.39, 0.29) is 133 Å². The van der Waals surface area contributed by atoms with Crippen molar-refractivity contribution >= 4 is 101 Å². The minimum absolute atomic E-state index is 0. The molecule has 780 valence electrons. The molecule has 0 aliphatic carbocycles. The molecule has 0 aromatic heterocycles. The van der Waals surface area contributed by atoms with Gasteiger partial charge in [-0.1, -0.05) is 72.3 Å². The second-order valence-corrected chi connectivity index (χ2v) is 38.2. The Bertz CT molecular complexity index is 3730. The number of hydrogen-bond donors (Lipinski definition) is 14. The van der Waals surface area contributed by atoms with E-state index in [1.807, 2.05) is 46.2 Å². The SMILES string of the molecule is CC(C)(C)OC(=O)N1CCCC1C(=O)O.CCC[C@H](NC(=O)C1CCCN1C(=O)OC(C)(C)C)C(=O)NC.CNC(=O)[C@H](CCN)NC(=O)C1CCCN1C(=O)OC(C)(C)C.CN[C@H](/C=C/[C@H](C)C(=O)O)CC(C)C.[CH2-]C(=O)CCC[C@H](NC(=O)C1CCCN1C(=O)[C@@H](C)/C=C/[C@H](CC(C)C)NC)C(=O)NC.[CH2-]OC(=O)NCC[C@H](NC(=O)C1CCCN1C(=O)OC(C)(C)C)C(=O)NC.[W].[W]. The van der Waals surface area contributed by atoms with Gasteiger partial charge in [0.05, 0.1) is 11.8 Å². The third kappa shape index (κ3) is 52.5. The van der Waals surface area contributed by atoms with E-state index in [0.717, 1.165) is 44.9 Å². The molecule has 0 aromatic rings. The molecule has 0 radical (unpaired) electrons. The molecule has 0 aromatic carbocycles. The molecule has 15 N–H and O–H groups in total. The zero-order valence-electron chi connectivity index (χ0n) is 85.3. The Morgan fingerprint density at radius 3 is 0.978 bits per heavy atom. The first-order chi connectivity index (χ1) is 62.3. The van der Waals surface area contributed by atoms with Crippen LogP contribution in [0.4, 0.5) is 24.0 Å². The van der Waals surface area contributed by atoms with Crippen LogP contribution >= 0.6 is 0 Å². The molecule has 14 amide bonds. The van der Waals surface area contributed by atoms with Crippen LogP contribution in [0.2, 0.25) is 0 Å². The zero-order valence-corrected chi connectivity index (χ0v) is 91.1. The molecule has 0 saturated carbocycles. The Balaban J connectivity index is -0.00000159. The summed E-state index contributed by atoms with van der Waals surface area (Å²) in [5.41, 5.74) is 3.01. The normalized spacial score (nSPS) is 18.5. The number of nitrogens with two attached hydrogens (primary N) is 1. The van der Waals surface area contributed by atoms with Crippen molar-refractivity contribution in [2.75, 3.05) is 88.1 Å². The summed E-state index contributed by atoms with van der Waals surface area (Å²) >= 11 is 0. The third-order valence-electron chi connectivity index (χ3n) is 21.1. The quantitative estimate of drug-likeness (QED) is 0.0173. The van der Waals surface area contributed by atoms with Crippen LogP contribution in [-0.2, 0) is 123 Å². The Hall–Kier alpha value is -9.20. The maximum absolute atomic E-state index is 13.1. The second kappa shape index (κ2) is 66.4. The molecule has 5 rings (SSSR count). The maximum atomic E-state index is 13.1. The van der Waals surface area contributed by atoms with E-state index in [0.29, 0.717) is 109 Å². The summed E-state index contributed by atoms with van der Waals surface area (Å²) in [6.45, 7) is 41.4. The number of carbonyl (C=O) groups is 17. The minimum atomic E-state index is -0.960. The number of nitrogens with one attached hydrogen (secondary N) is 11. The molecule has 0 spiro atoms. The molecule has 5 aliphatic rings. The van der Waals surface area contributed by atoms with Crippen LogP contribution in [0.25, 0.3) is 0 Å². The van der Waals surface area contributed by atoms with Gasteiger partial charge in [0, 0.05) is 122 Å². The van der Waals surface area contributed by atoms with E-state index in [1.165, 1.54) is 40.7 Å². The number of likely N-dealkylation sites (tertiary alicyclic amines) is 5. The first kappa shape index (κ1) is 131. The van der Waals surface area contributed by atoms with Crippen LogP contribution < -0.4 is 64.2 Å². The average Bonchev–Trinajstić information content (AvgIpc) is 1.68. The number of ether oxygens (including phenoxy) is 5. The number of hydrogen-bond acceptors (Lipinski definition) is 25. The fraction of sp³-hybridized carbons (Fsp3) is 0.753. The minimum Gasteiger partial charge on any atom is -0.624 e. The number of ketones is 1. The first-order valence-electron chi connectivity index (χ1n) is 46.6. The molecule has 5 saturated heterocycles. The number of rotatable bonds is 36. The molecule has 13 atom stereocenters. The van der Waals surface area contributed by atoms with Gasteiger partial charge in [0.1, 0.15) is 76.8 Å².